The average molecular weight is 381 g/mol. The lowest BCUT2D eigenvalue weighted by atomic mass is 10.1. The molecule has 0 aliphatic carbocycles. The van der Waals surface area contributed by atoms with Crippen LogP contribution in [0.4, 0.5) is 5.69 Å². The van der Waals surface area contributed by atoms with Gasteiger partial charge in [-0.15, -0.1) is 10.2 Å². The van der Waals surface area contributed by atoms with Gasteiger partial charge in [-0.2, -0.15) is 4.40 Å². The molecule has 0 amide bonds. The molecular formula is C17H17ClN2O4S. The molecule has 0 aliphatic heterocycles. The van der Waals surface area contributed by atoms with Gasteiger partial charge in [0.25, 0.3) is 4.83 Å². The van der Waals surface area contributed by atoms with Gasteiger partial charge >= 0.3 is 0 Å². The third kappa shape index (κ3) is 6.43. The largest absolute Gasteiger partial charge is 0.378 e. The molecule has 0 N–H and O–H groups in total. The van der Waals surface area contributed by atoms with E-state index in [0.717, 1.165) is 0 Å². The van der Waals surface area contributed by atoms with Crippen molar-refractivity contribution in [2.24, 2.45) is 0 Å². The van der Waals surface area contributed by atoms with Crippen LogP contribution in [-0.2, 0) is 0 Å². The molecule has 0 fully saturated rings. The van der Waals surface area contributed by atoms with Gasteiger partial charge in [0, 0.05) is 38.0 Å². The highest BCUT2D eigenvalue weighted by Crippen LogP contribution is 2.14. The van der Waals surface area contributed by atoms with Crippen LogP contribution in [0.25, 0.3) is 17.0 Å². The second-order valence-corrected chi connectivity index (χ2v) is 6.94. The molecule has 8 heteroatoms. The predicted molar refractivity (Wildman–Crippen MR) is 87.2 cm³/mol. The smallest absolute Gasteiger partial charge is 0.267 e. The molecule has 0 aliphatic rings. The summed E-state index contributed by atoms with van der Waals surface area (Å²) in [7, 11) is -0.836. The second-order valence-electron chi connectivity index (χ2n) is 5.26. The number of aromatic nitrogens is 1. The lowest BCUT2D eigenvalue weighted by Crippen LogP contribution is -2.68. The number of pyridine rings is 1. The van der Waals surface area contributed by atoms with Crippen molar-refractivity contribution < 1.29 is 33.3 Å². The van der Waals surface area contributed by atoms with E-state index in [1.54, 1.807) is 11.3 Å². The minimum atomic E-state index is -4.94. The van der Waals surface area contributed by atoms with Crippen molar-refractivity contribution in [1.29, 1.82) is 0 Å². The molecule has 0 saturated carbocycles. The fraction of sp³-hybridized carbons (Fsp3) is 0.118. The first-order valence-corrected chi connectivity index (χ1v) is 9.30. The Bertz CT molecular complexity index is 836. The van der Waals surface area contributed by atoms with E-state index in [-0.39, 0.29) is 0 Å². The van der Waals surface area contributed by atoms with Gasteiger partial charge in [-0.05, 0) is 29.8 Å². The minimum absolute atomic E-state index is 1.19. The van der Waals surface area contributed by atoms with Crippen LogP contribution in [0.5, 0.6) is 0 Å². The molecule has 3 aromatic rings. The molecule has 0 bridgehead atoms. The van der Waals surface area contributed by atoms with Gasteiger partial charge < -0.3 is 4.90 Å². The molecule has 2 aromatic heterocycles. The molecule has 3 rings (SSSR count). The van der Waals surface area contributed by atoms with Crippen LogP contribution in [-0.4, -0.2) is 14.1 Å². The fourth-order valence-electron chi connectivity index (χ4n) is 2.13. The van der Waals surface area contributed by atoms with Crippen molar-refractivity contribution in [3.8, 4) is 0 Å². The Labute approximate surface area is 151 Å². The minimum Gasteiger partial charge on any atom is -0.378 e. The summed E-state index contributed by atoms with van der Waals surface area (Å²) >= 11 is 1.75. The monoisotopic (exact) mass is 380 g/mol. The quantitative estimate of drug-likeness (QED) is 0.541. The predicted octanol–water partition coefficient (Wildman–Crippen LogP) is -1.03. The maximum atomic E-state index is 8.49. The standard InChI is InChI=1S/C17H17N2S.ClHO4/c1-18(2)15-9-6-14(7-10-15)8-11-16-4-3-5-17-19(16)12-13-20-17;2-1(3,4)5/h3-13H,1-2H3;(H,2,3,4,5)/q+1;/p-1. The second kappa shape index (κ2) is 8.39. The molecule has 0 radical (unpaired) electrons. The Morgan fingerprint density at radius 2 is 1.60 bits per heavy atom. The number of nitrogens with zero attached hydrogens (tertiary/aromatic N) is 2. The first kappa shape index (κ1) is 19.3. The molecule has 25 heavy (non-hydrogen) atoms. The highest BCUT2D eigenvalue weighted by Gasteiger charge is 2.07. The van der Waals surface area contributed by atoms with Crippen LogP contribution in [0.15, 0.2) is 54.0 Å². The van der Waals surface area contributed by atoms with Crippen molar-refractivity contribution >= 4 is 34.0 Å². The van der Waals surface area contributed by atoms with Crippen molar-refractivity contribution in [2.45, 2.75) is 0 Å². The number of thiazole rings is 1. The Morgan fingerprint density at radius 1 is 0.960 bits per heavy atom. The molecule has 132 valence electrons. The SMILES string of the molecule is CN(C)c1ccc(C=Cc2cccc3scc[n+]23)cc1.[O-][Cl+3]([O-])([O-])[O-]. The number of benzene rings is 1. The van der Waals surface area contributed by atoms with Gasteiger partial charge in [0.15, 0.2) is 6.20 Å². The third-order valence-electron chi connectivity index (χ3n) is 3.28. The van der Waals surface area contributed by atoms with Gasteiger partial charge in [0.05, 0.1) is 5.38 Å². The highest BCUT2D eigenvalue weighted by atomic mass is 35.7. The van der Waals surface area contributed by atoms with E-state index in [2.05, 4.69) is 89.6 Å². The zero-order valence-electron chi connectivity index (χ0n) is 13.7. The number of anilines is 1. The lowest BCUT2D eigenvalue weighted by molar-refractivity contribution is -2.00. The van der Waals surface area contributed by atoms with Gasteiger partial charge in [-0.1, -0.05) is 23.5 Å². The Balaban J connectivity index is 0.000000399. The van der Waals surface area contributed by atoms with E-state index in [1.807, 2.05) is 0 Å². The average Bonchev–Trinajstić information content (AvgIpc) is 3.01. The van der Waals surface area contributed by atoms with E-state index in [9.17, 15) is 0 Å². The van der Waals surface area contributed by atoms with E-state index < -0.39 is 10.2 Å². The molecule has 0 atom stereocenters. The van der Waals surface area contributed by atoms with Crippen LogP contribution < -0.4 is 27.9 Å². The molecule has 0 saturated heterocycles. The maximum Gasteiger partial charge on any atom is 0.267 e. The van der Waals surface area contributed by atoms with Crippen LogP contribution in [0.3, 0.4) is 0 Å². The summed E-state index contributed by atoms with van der Waals surface area (Å²) in [4.78, 5) is 3.37. The first-order chi connectivity index (χ1) is 11.7. The van der Waals surface area contributed by atoms with Crippen LogP contribution in [0.1, 0.15) is 11.3 Å². The Hall–Kier alpha value is -2.00. The Kier molecular flexibility index (Phi) is 6.49. The first-order valence-electron chi connectivity index (χ1n) is 7.19. The summed E-state index contributed by atoms with van der Waals surface area (Å²) in [6, 6.07) is 14.9. The van der Waals surface area contributed by atoms with Crippen molar-refractivity contribution in [2.75, 3.05) is 19.0 Å². The van der Waals surface area contributed by atoms with Gasteiger partial charge in [0.1, 0.15) is 0 Å². The summed E-state index contributed by atoms with van der Waals surface area (Å²) in [5.74, 6) is 0. The fourth-order valence-corrected chi connectivity index (χ4v) is 2.89. The number of fused-ring (bicyclic) bond motifs is 1. The number of rotatable bonds is 3. The van der Waals surface area contributed by atoms with Gasteiger partial charge in [-0.25, -0.2) is 18.6 Å². The summed E-state index contributed by atoms with van der Waals surface area (Å²) in [5, 5.41) is 2.11. The van der Waals surface area contributed by atoms with E-state index in [0.29, 0.717) is 0 Å². The molecule has 0 spiro atoms. The zero-order chi connectivity index (χ0) is 18.4. The number of hydrogen-bond donors (Lipinski definition) is 0. The topological polar surface area (TPSA) is 99.6 Å². The van der Waals surface area contributed by atoms with Crippen molar-refractivity contribution in [3.63, 3.8) is 0 Å². The number of hydrogen-bond acceptors (Lipinski definition) is 6. The van der Waals surface area contributed by atoms with Crippen LogP contribution >= 0.6 is 11.3 Å². The molecule has 0 unspecified atom stereocenters. The molecule has 6 nitrogen and oxygen atoms in total. The van der Waals surface area contributed by atoms with Gasteiger partial charge in [-0.3, -0.25) is 0 Å². The molecular weight excluding hydrogens is 364 g/mol. The maximum absolute atomic E-state index is 8.49. The van der Waals surface area contributed by atoms with Crippen LogP contribution in [0.2, 0.25) is 0 Å². The number of halogens is 1. The van der Waals surface area contributed by atoms with Crippen LogP contribution in [0, 0.1) is 10.2 Å². The molecule has 2 heterocycles. The van der Waals surface area contributed by atoms with Crippen molar-refractivity contribution in [3.05, 3.63) is 65.3 Å². The normalized spacial score (nSPS) is 11.4. The van der Waals surface area contributed by atoms with E-state index >= 15 is 0 Å². The lowest BCUT2D eigenvalue weighted by Gasteiger charge is -2.17. The summed E-state index contributed by atoms with van der Waals surface area (Å²) in [6.07, 6.45) is 6.41. The summed E-state index contributed by atoms with van der Waals surface area (Å²) < 4.78 is 36.2. The highest BCUT2D eigenvalue weighted by molar-refractivity contribution is 7.14. The van der Waals surface area contributed by atoms with E-state index in [4.69, 9.17) is 18.6 Å². The summed E-state index contributed by atoms with van der Waals surface area (Å²) in [5.41, 5.74) is 3.63. The zero-order valence-corrected chi connectivity index (χ0v) is 15.2. The summed E-state index contributed by atoms with van der Waals surface area (Å²) in [6.45, 7) is 0. The van der Waals surface area contributed by atoms with Gasteiger partial charge in [0.2, 0.25) is 5.69 Å². The van der Waals surface area contributed by atoms with E-state index in [1.165, 1.54) is 21.8 Å². The van der Waals surface area contributed by atoms with Crippen molar-refractivity contribution in [1.82, 2.24) is 0 Å². The Morgan fingerprint density at radius 3 is 2.20 bits per heavy atom. The molecule has 1 aromatic carbocycles. The third-order valence-corrected chi connectivity index (χ3v) is 4.11.